The normalized spacial score (nSPS) is 10.3. The summed E-state index contributed by atoms with van der Waals surface area (Å²) >= 11 is 0. The summed E-state index contributed by atoms with van der Waals surface area (Å²) in [5, 5.41) is 5.52. The molecular weight excluding hydrogens is 304 g/mol. The standard InChI is InChI=1S/C19H22N2O3/c1-14(2)18(22)20-12-13-21-19(23)15-8-10-17(11-9-15)24-16-6-4-3-5-7-16/h3-11,14H,12-13H2,1-2H3,(H,20,22)(H,21,23). The van der Waals surface area contributed by atoms with E-state index in [2.05, 4.69) is 10.6 Å². The highest BCUT2D eigenvalue weighted by atomic mass is 16.5. The Labute approximate surface area is 142 Å². The maximum atomic E-state index is 12.0. The van der Waals surface area contributed by atoms with Crippen LogP contribution in [0.3, 0.4) is 0 Å². The molecule has 0 radical (unpaired) electrons. The van der Waals surface area contributed by atoms with Gasteiger partial charge in [0.05, 0.1) is 0 Å². The van der Waals surface area contributed by atoms with Gasteiger partial charge in [-0.3, -0.25) is 9.59 Å². The van der Waals surface area contributed by atoms with Crippen molar-refractivity contribution in [2.75, 3.05) is 13.1 Å². The van der Waals surface area contributed by atoms with Gasteiger partial charge < -0.3 is 15.4 Å². The van der Waals surface area contributed by atoms with Crippen molar-refractivity contribution in [2.45, 2.75) is 13.8 Å². The Morgan fingerprint density at radius 3 is 2.08 bits per heavy atom. The molecule has 2 aromatic rings. The molecule has 2 N–H and O–H groups in total. The summed E-state index contributed by atoms with van der Waals surface area (Å²) in [6.07, 6.45) is 0. The summed E-state index contributed by atoms with van der Waals surface area (Å²) in [6.45, 7) is 4.46. The summed E-state index contributed by atoms with van der Waals surface area (Å²) in [7, 11) is 0. The maximum absolute atomic E-state index is 12.0. The number of benzene rings is 2. The lowest BCUT2D eigenvalue weighted by molar-refractivity contribution is -0.123. The lowest BCUT2D eigenvalue weighted by Crippen LogP contribution is -2.36. The molecule has 0 fully saturated rings. The van der Waals surface area contributed by atoms with Crippen molar-refractivity contribution in [3.63, 3.8) is 0 Å². The van der Waals surface area contributed by atoms with Gasteiger partial charge in [-0.25, -0.2) is 0 Å². The molecule has 5 nitrogen and oxygen atoms in total. The van der Waals surface area contributed by atoms with Gasteiger partial charge >= 0.3 is 0 Å². The molecule has 24 heavy (non-hydrogen) atoms. The van der Waals surface area contributed by atoms with Crippen LogP contribution in [0.5, 0.6) is 11.5 Å². The monoisotopic (exact) mass is 326 g/mol. The van der Waals surface area contributed by atoms with Crippen LogP contribution in [0.4, 0.5) is 0 Å². The van der Waals surface area contributed by atoms with Gasteiger partial charge in [0.15, 0.2) is 0 Å². The van der Waals surface area contributed by atoms with Crippen LogP contribution in [-0.2, 0) is 4.79 Å². The second-order valence-electron chi connectivity index (χ2n) is 5.64. The van der Waals surface area contributed by atoms with Crippen molar-refractivity contribution in [1.29, 1.82) is 0 Å². The Balaban J connectivity index is 1.80. The van der Waals surface area contributed by atoms with Crippen molar-refractivity contribution in [2.24, 2.45) is 5.92 Å². The molecule has 0 saturated heterocycles. The number of hydrogen-bond donors (Lipinski definition) is 2. The largest absolute Gasteiger partial charge is 0.457 e. The molecule has 0 heterocycles. The van der Waals surface area contributed by atoms with Crippen LogP contribution in [0.1, 0.15) is 24.2 Å². The highest BCUT2D eigenvalue weighted by Gasteiger charge is 2.07. The minimum Gasteiger partial charge on any atom is -0.457 e. The van der Waals surface area contributed by atoms with Gasteiger partial charge in [0.1, 0.15) is 11.5 Å². The number of nitrogens with one attached hydrogen (secondary N) is 2. The number of amides is 2. The molecule has 5 heteroatoms. The lowest BCUT2D eigenvalue weighted by Gasteiger charge is -2.09. The number of carbonyl (C=O) groups is 2. The first-order chi connectivity index (χ1) is 11.6. The molecule has 0 bridgehead atoms. The van der Waals surface area contributed by atoms with E-state index in [4.69, 9.17) is 4.74 Å². The van der Waals surface area contributed by atoms with Crippen molar-refractivity contribution in [3.05, 3.63) is 60.2 Å². The molecule has 0 atom stereocenters. The molecule has 0 aliphatic rings. The molecule has 126 valence electrons. The van der Waals surface area contributed by atoms with Crippen LogP contribution in [0, 0.1) is 5.92 Å². The van der Waals surface area contributed by atoms with Crippen molar-refractivity contribution in [1.82, 2.24) is 10.6 Å². The van der Waals surface area contributed by atoms with Gasteiger partial charge in [-0.05, 0) is 36.4 Å². The second-order valence-corrected chi connectivity index (χ2v) is 5.64. The van der Waals surface area contributed by atoms with Gasteiger partial charge in [0, 0.05) is 24.6 Å². The molecule has 0 aliphatic carbocycles. The van der Waals surface area contributed by atoms with Crippen LogP contribution < -0.4 is 15.4 Å². The number of ether oxygens (including phenoxy) is 1. The third-order valence-electron chi connectivity index (χ3n) is 3.33. The summed E-state index contributed by atoms with van der Waals surface area (Å²) in [5.74, 6) is 1.15. The minimum atomic E-state index is -0.181. The highest BCUT2D eigenvalue weighted by Crippen LogP contribution is 2.20. The molecule has 2 amide bonds. The van der Waals surface area contributed by atoms with Crippen LogP contribution in [0.25, 0.3) is 0 Å². The number of para-hydroxylation sites is 1. The zero-order valence-electron chi connectivity index (χ0n) is 13.9. The molecule has 2 rings (SSSR count). The van der Waals surface area contributed by atoms with E-state index in [1.165, 1.54) is 0 Å². The third kappa shape index (κ3) is 5.43. The molecule has 0 unspecified atom stereocenters. The lowest BCUT2D eigenvalue weighted by atomic mass is 10.2. The van der Waals surface area contributed by atoms with Gasteiger partial charge in [0.2, 0.25) is 5.91 Å². The van der Waals surface area contributed by atoms with E-state index in [-0.39, 0.29) is 17.7 Å². The number of carbonyl (C=O) groups excluding carboxylic acids is 2. The predicted molar refractivity (Wildman–Crippen MR) is 93.1 cm³/mol. The molecule has 0 aromatic heterocycles. The van der Waals surface area contributed by atoms with E-state index < -0.39 is 0 Å². The molecular formula is C19H22N2O3. The van der Waals surface area contributed by atoms with E-state index in [1.807, 2.05) is 44.2 Å². The Morgan fingerprint density at radius 2 is 1.46 bits per heavy atom. The molecule has 0 saturated carbocycles. The van der Waals surface area contributed by atoms with Gasteiger partial charge in [-0.15, -0.1) is 0 Å². The van der Waals surface area contributed by atoms with E-state index in [9.17, 15) is 9.59 Å². The topological polar surface area (TPSA) is 67.4 Å². The van der Waals surface area contributed by atoms with Crippen LogP contribution in [0.15, 0.2) is 54.6 Å². The summed E-state index contributed by atoms with van der Waals surface area (Å²) < 4.78 is 5.68. The maximum Gasteiger partial charge on any atom is 0.251 e. The van der Waals surface area contributed by atoms with Gasteiger partial charge in [-0.1, -0.05) is 32.0 Å². The molecule has 0 aliphatic heterocycles. The molecule has 0 spiro atoms. The number of rotatable bonds is 7. The smallest absolute Gasteiger partial charge is 0.251 e. The summed E-state index contributed by atoms with van der Waals surface area (Å²) in [4.78, 5) is 23.4. The summed E-state index contributed by atoms with van der Waals surface area (Å²) in [5.41, 5.74) is 0.547. The number of hydrogen-bond acceptors (Lipinski definition) is 3. The Hall–Kier alpha value is -2.82. The zero-order chi connectivity index (χ0) is 17.4. The van der Waals surface area contributed by atoms with Crippen LogP contribution >= 0.6 is 0 Å². The Kier molecular flexibility index (Phi) is 6.37. The van der Waals surface area contributed by atoms with E-state index in [0.717, 1.165) is 5.75 Å². The van der Waals surface area contributed by atoms with Crippen molar-refractivity contribution in [3.8, 4) is 11.5 Å². The van der Waals surface area contributed by atoms with Crippen LogP contribution in [0.2, 0.25) is 0 Å². The quantitative estimate of drug-likeness (QED) is 0.769. The average Bonchev–Trinajstić information content (AvgIpc) is 2.59. The Bertz CT molecular complexity index is 667. The fourth-order valence-corrected chi connectivity index (χ4v) is 1.97. The molecule has 2 aromatic carbocycles. The Morgan fingerprint density at radius 1 is 0.875 bits per heavy atom. The van der Waals surface area contributed by atoms with Crippen LogP contribution in [-0.4, -0.2) is 24.9 Å². The first-order valence-corrected chi connectivity index (χ1v) is 7.95. The highest BCUT2D eigenvalue weighted by molar-refractivity contribution is 5.94. The first-order valence-electron chi connectivity index (χ1n) is 7.95. The third-order valence-corrected chi connectivity index (χ3v) is 3.33. The predicted octanol–water partition coefficient (Wildman–Crippen LogP) is 2.98. The van der Waals surface area contributed by atoms with Crippen molar-refractivity contribution >= 4 is 11.8 Å². The first kappa shape index (κ1) is 17.5. The fraction of sp³-hybridized carbons (Fsp3) is 0.263. The summed E-state index contributed by atoms with van der Waals surface area (Å²) in [6, 6.07) is 16.4. The SMILES string of the molecule is CC(C)C(=O)NCCNC(=O)c1ccc(Oc2ccccc2)cc1. The van der Waals surface area contributed by atoms with E-state index in [1.54, 1.807) is 24.3 Å². The van der Waals surface area contributed by atoms with E-state index in [0.29, 0.717) is 24.4 Å². The van der Waals surface area contributed by atoms with E-state index >= 15 is 0 Å². The van der Waals surface area contributed by atoms with Gasteiger partial charge in [0.25, 0.3) is 5.91 Å². The van der Waals surface area contributed by atoms with Gasteiger partial charge in [-0.2, -0.15) is 0 Å². The second kappa shape index (κ2) is 8.72. The van der Waals surface area contributed by atoms with Crippen molar-refractivity contribution < 1.29 is 14.3 Å². The average molecular weight is 326 g/mol. The fourth-order valence-electron chi connectivity index (χ4n) is 1.97. The minimum absolute atomic E-state index is 0.0216. The zero-order valence-corrected chi connectivity index (χ0v) is 13.9.